The molecule has 0 aliphatic carbocycles. The van der Waals surface area contributed by atoms with Gasteiger partial charge in [0.15, 0.2) is 0 Å². The second kappa shape index (κ2) is 4.44. The van der Waals surface area contributed by atoms with Gasteiger partial charge in [0, 0.05) is 7.05 Å². The van der Waals surface area contributed by atoms with E-state index in [1.54, 1.807) is 0 Å². The van der Waals surface area contributed by atoms with Crippen LogP contribution in [0.25, 0.3) is 0 Å². The highest BCUT2D eigenvalue weighted by Gasteiger charge is 1.94. The van der Waals surface area contributed by atoms with Gasteiger partial charge >= 0.3 is 0 Å². The van der Waals surface area contributed by atoms with Crippen LogP contribution in [-0.2, 0) is 0 Å². The molecule has 1 aromatic carbocycles. The van der Waals surface area contributed by atoms with E-state index in [-0.39, 0.29) is 0 Å². The zero-order valence-corrected chi connectivity index (χ0v) is 7.46. The van der Waals surface area contributed by atoms with E-state index in [0.29, 0.717) is 0 Å². The monoisotopic (exact) mass is 162 g/mol. The van der Waals surface area contributed by atoms with E-state index in [0.717, 1.165) is 11.4 Å². The largest absolute Gasteiger partial charge is 0.386 e. The van der Waals surface area contributed by atoms with Gasteiger partial charge in [-0.3, -0.25) is 0 Å². The smallest absolute Gasteiger partial charge is 0.0615 e. The molecule has 0 fully saturated rings. The van der Waals surface area contributed by atoms with Crippen LogP contribution in [0.5, 0.6) is 0 Å². The Morgan fingerprint density at radius 1 is 1.17 bits per heavy atom. The van der Waals surface area contributed by atoms with Gasteiger partial charge in [-0.15, -0.1) is 0 Å². The predicted molar refractivity (Wildman–Crippen MR) is 54.4 cm³/mol. The maximum Gasteiger partial charge on any atom is 0.0615 e. The van der Waals surface area contributed by atoms with Gasteiger partial charge in [-0.05, 0) is 25.3 Å². The average Bonchev–Trinajstić information content (AvgIpc) is 2.15. The van der Waals surface area contributed by atoms with Crippen LogP contribution in [0.3, 0.4) is 0 Å². The van der Waals surface area contributed by atoms with Crippen molar-refractivity contribution in [3.63, 3.8) is 0 Å². The second-order valence-corrected chi connectivity index (χ2v) is 2.44. The Morgan fingerprint density at radius 2 is 1.83 bits per heavy atom. The molecular weight excluding hydrogens is 148 g/mol. The summed E-state index contributed by atoms with van der Waals surface area (Å²) in [5.41, 5.74) is 2.20. The van der Waals surface area contributed by atoms with Gasteiger partial charge < -0.3 is 10.6 Å². The predicted octanol–water partition coefficient (Wildman–Crippen LogP) is 2.67. The Hall–Kier alpha value is -1.44. The Balaban J connectivity index is 2.81. The summed E-state index contributed by atoms with van der Waals surface area (Å²) in [6.45, 7) is 1.98. The van der Waals surface area contributed by atoms with E-state index in [4.69, 9.17) is 0 Å². The summed E-state index contributed by atoms with van der Waals surface area (Å²) >= 11 is 0. The number of anilines is 2. The molecule has 0 unspecified atom stereocenters. The SMILES string of the molecule is C/C=C\Nc1ccccc1NC. The van der Waals surface area contributed by atoms with Gasteiger partial charge in [0.2, 0.25) is 0 Å². The van der Waals surface area contributed by atoms with Gasteiger partial charge in [0.05, 0.1) is 11.4 Å². The molecule has 2 nitrogen and oxygen atoms in total. The lowest BCUT2D eigenvalue weighted by Crippen LogP contribution is -1.94. The minimum atomic E-state index is 1.10. The highest BCUT2D eigenvalue weighted by molar-refractivity contribution is 5.69. The molecule has 0 spiro atoms. The van der Waals surface area contributed by atoms with E-state index in [2.05, 4.69) is 10.6 Å². The molecule has 0 aromatic heterocycles. The Bertz CT molecular complexity index is 266. The van der Waals surface area contributed by atoms with Crippen molar-refractivity contribution in [2.24, 2.45) is 0 Å². The molecule has 1 aromatic rings. The molecule has 0 saturated heterocycles. The number of allylic oxidation sites excluding steroid dienone is 1. The average molecular weight is 162 g/mol. The summed E-state index contributed by atoms with van der Waals surface area (Å²) in [7, 11) is 1.91. The molecule has 1 rings (SSSR count). The molecule has 12 heavy (non-hydrogen) atoms. The summed E-state index contributed by atoms with van der Waals surface area (Å²) in [5, 5.41) is 6.28. The van der Waals surface area contributed by atoms with E-state index in [1.165, 1.54) is 0 Å². The second-order valence-electron chi connectivity index (χ2n) is 2.44. The Kier molecular flexibility index (Phi) is 3.20. The van der Waals surface area contributed by atoms with Crippen molar-refractivity contribution in [3.8, 4) is 0 Å². The van der Waals surface area contributed by atoms with Gasteiger partial charge in [-0.1, -0.05) is 18.2 Å². The maximum atomic E-state index is 3.17. The fourth-order valence-corrected chi connectivity index (χ4v) is 1.00. The minimum absolute atomic E-state index is 1.10. The first-order chi connectivity index (χ1) is 5.88. The van der Waals surface area contributed by atoms with Crippen LogP contribution < -0.4 is 10.6 Å². The first-order valence-electron chi connectivity index (χ1n) is 4.03. The quantitative estimate of drug-likeness (QED) is 0.714. The van der Waals surface area contributed by atoms with Crippen LogP contribution in [0.4, 0.5) is 11.4 Å². The van der Waals surface area contributed by atoms with Crippen molar-refractivity contribution in [1.29, 1.82) is 0 Å². The number of nitrogens with one attached hydrogen (secondary N) is 2. The van der Waals surface area contributed by atoms with Crippen molar-refractivity contribution >= 4 is 11.4 Å². The van der Waals surface area contributed by atoms with Gasteiger partial charge in [-0.2, -0.15) is 0 Å². The molecule has 0 atom stereocenters. The van der Waals surface area contributed by atoms with Crippen molar-refractivity contribution in [1.82, 2.24) is 0 Å². The third-order valence-corrected chi connectivity index (χ3v) is 1.60. The molecule has 0 heterocycles. The molecule has 0 amide bonds. The van der Waals surface area contributed by atoms with Crippen LogP contribution in [0.2, 0.25) is 0 Å². The summed E-state index contributed by atoms with van der Waals surface area (Å²) < 4.78 is 0. The van der Waals surface area contributed by atoms with Crippen molar-refractivity contribution in [3.05, 3.63) is 36.5 Å². The highest BCUT2D eigenvalue weighted by atomic mass is 14.9. The van der Waals surface area contributed by atoms with Gasteiger partial charge in [0.25, 0.3) is 0 Å². The van der Waals surface area contributed by atoms with Crippen molar-refractivity contribution in [2.75, 3.05) is 17.7 Å². The third kappa shape index (κ3) is 2.02. The van der Waals surface area contributed by atoms with E-state index in [9.17, 15) is 0 Å². The lowest BCUT2D eigenvalue weighted by molar-refractivity contribution is 1.48. The molecule has 64 valence electrons. The summed E-state index contributed by atoms with van der Waals surface area (Å²) in [4.78, 5) is 0. The van der Waals surface area contributed by atoms with Gasteiger partial charge in [-0.25, -0.2) is 0 Å². The van der Waals surface area contributed by atoms with E-state index >= 15 is 0 Å². The molecule has 0 radical (unpaired) electrons. The molecule has 2 heteroatoms. The minimum Gasteiger partial charge on any atom is -0.386 e. The van der Waals surface area contributed by atoms with Crippen LogP contribution in [-0.4, -0.2) is 7.05 Å². The number of hydrogen-bond acceptors (Lipinski definition) is 2. The summed E-state index contributed by atoms with van der Waals surface area (Å²) in [6.07, 6.45) is 3.88. The van der Waals surface area contributed by atoms with Crippen molar-refractivity contribution < 1.29 is 0 Å². The first kappa shape index (κ1) is 8.65. The zero-order valence-electron chi connectivity index (χ0n) is 7.46. The summed E-state index contributed by atoms with van der Waals surface area (Å²) in [6, 6.07) is 8.08. The number of benzene rings is 1. The van der Waals surface area contributed by atoms with Crippen LogP contribution >= 0.6 is 0 Å². The first-order valence-corrected chi connectivity index (χ1v) is 4.03. The van der Waals surface area contributed by atoms with E-state index in [1.807, 2.05) is 50.5 Å². The maximum absolute atomic E-state index is 3.17. The summed E-state index contributed by atoms with van der Waals surface area (Å²) in [5.74, 6) is 0. The molecule has 0 saturated carbocycles. The van der Waals surface area contributed by atoms with Crippen LogP contribution in [0.15, 0.2) is 36.5 Å². The van der Waals surface area contributed by atoms with Crippen LogP contribution in [0.1, 0.15) is 6.92 Å². The molecule has 0 bridgehead atoms. The topological polar surface area (TPSA) is 24.1 Å². The molecule has 0 aliphatic heterocycles. The number of para-hydroxylation sites is 2. The van der Waals surface area contributed by atoms with E-state index < -0.39 is 0 Å². The van der Waals surface area contributed by atoms with Crippen molar-refractivity contribution in [2.45, 2.75) is 6.92 Å². The fourth-order valence-electron chi connectivity index (χ4n) is 1.00. The van der Waals surface area contributed by atoms with Crippen LogP contribution in [0, 0.1) is 0 Å². The normalized spacial score (nSPS) is 10.2. The zero-order chi connectivity index (χ0) is 8.81. The Morgan fingerprint density at radius 3 is 2.42 bits per heavy atom. The highest BCUT2D eigenvalue weighted by Crippen LogP contribution is 2.19. The molecule has 0 aliphatic rings. The Labute approximate surface area is 73.3 Å². The van der Waals surface area contributed by atoms with Gasteiger partial charge in [0.1, 0.15) is 0 Å². The third-order valence-electron chi connectivity index (χ3n) is 1.60. The number of hydrogen-bond donors (Lipinski definition) is 2. The number of rotatable bonds is 3. The lowest BCUT2D eigenvalue weighted by Gasteiger charge is -2.07. The fraction of sp³-hybridized carbons (Fsp3) is 0.200. The standard InChI is InChI=1S/C10H14N2/c1-3-8-12-10-7-5-4-6-9(10)11-2/h3-8,11-12H,1-2H3/b8-3-. The molecular formula is C10H14N2. The molecule has 2 N–H and O–H groups in total. The lowest BCUT2D eigenvalue weighted by atomic mass is 10.2.